The van der Waals surface area contributed by atoms with Gasteiger partial charge in [-0.15, -0.1) is 5.10 Å². The number of hydrogen-bond donors (Lipinski definition) is 0. The molecule has 13 heavy (non-hydrogen) atoms. The van der Waals surface area contributed by atoms with E-state index in [0.717, 1.165) is 5.69 Å². The van der Waals surface area contributed by atoms with Crippen LogP contribution < -0.4 is 0 Å². The Kier molecular flexibility index (Phi) is 1.77. The molecule has 0 aliphatic carbocycles. The highest BCUT2D eigenvalue weighted by Crippen LogP contribution is 2.03. The van der Waals surface area contributed by atoms with E-state index in [1.807, 2.05) is 0 Å². The highest BCUT2D eigenvalue weighted by atomic mass is 16.1. The van der Waals surface area contributed by atoms with Crippen molar-refractivity contribution in [3.63, 3.8) is 0 Å². The van der Waals surface area contributed by atoms with Gasteiger partial charge in [-0.3, -0.25) is 9.20 Å². The lowest BCUT2D eigenvalue weighted by molar-refractivity contribution is -0.116. The van der Waals surface area contributed by atoms with Crippen molar-refractivity contribution in [2.45, 2.75) is 13.3 Å². The number of imidazole rings is 1. The summed E-state index contributed by atoms with van der Waals surface area (Å²) in [5.74, 6) is 0.636. The highest BCUT2D eigenvalue weighted by Gasteiger charge is 2.05. The molecule has 5 nitrogen and oxygen atoms in total. The molecule has 2 heterocycles. The highest BCUT2D eigenvalue weighted by molar-refractivity contribution is 5.77. The van der Waals surface area contributed by atoms with Gasteiger partial charge in [0, 0.05) is 12.6 Å². The molecule has 0 aromatic carbocycles. The van der Waals surface area contributed by atoms with E-state index >= 15 is 0 Å². The molecule has 0 bridgehead atoms. The Morgan fingerprint density at radius 3 is 3.23 bits per heavy atom. The predicted molar refractivity (Wildman–Crippen MR) is 45.2 cm³/mol. The van der Waals surface area contributed by atoms with Crippen LogP contribution in [0.25, 0.3) is 5.78 Å². The van der Waals surface area contributed by atoms with E-state index in [9.17, 15) is 4.79 Å². The van der Waals surface area contributed by atoms with Gasteiger partial charge in [-0.25, -0.2) is 4.98 Å². The summed E-state index contributed by atoms with van der Waals surface area (Å²) in [5.41, 5.74) is 0.845. The van der Waals surface area contributed by atoms with Gasteiger partial charge in [-0.05, 0) is 6.92 Å². The van der Waals surface area contributed by atoms with Gasteiger partial charge in [0.15, 0.2) is 0 Å². The van der Waals surface area contributed by atoms with Crippen molar-refractivity contribution < 1.29 is 4.79 Å². The van der Waals surface area contributed by atoms with Gasteiger partial charge < -0.3 is 0 Å². The van der Waals surface area contributed by atoms with Crippen molar-refractivity contribution >= 4 is 11.6 Å². The van der Waals surface area contributed by atoms with Crippen LogP contribution in [0, 0.1) is 0 Å². The Morgan fingerprint density at radius 1 is 1.62 bits per heavy atom. The largest absolute Gasteiger partial charge is 0.300 e. The van der Waals surface area contributed by atoms with E-state index in [4.69, 9.17) is 0 Å². The third-order valence-electron chi connectivity index (χ3n) is 1.71. The topological polar surface area (TPSA) is 60.2 Å². The minimum atomic E-state index is 0.110. The molecule has 0 aliphatic rings. The van der Waals surface area contributed by atoms with Crippen LogP contribution in [0.4, 0.5) is 0 Å². The first-order chi connectivity index (χ1) is 6.27. The van der Waals surface area contributed by atoms with Gasteiger partial charge >= 0.3 is 0 Å². The minimum absolute atomic E-state index is 0.110. The molecule has 0 saturated heterocycles. The fourth-order valence-corrected chi connectivity index (χ4v) is 1.19. The van der Waals surface area contributed by atoms with Crippen molar-refractivity contribution in [1.82, 2.24) is 19.6 Å². The van der Waals surface area contributed by atoms with Gasteiger partial charge in [0.05, 0.1) is 18.1 Å². The first kappa shape index (κ1) is 7.85. The molecule has 2 rings (SSSR count). The van der Waals surface area contributed by atoms with Crippen LogP contribution in [0.2, 0.25) is 0 Å². The van der Waals surface area contributed by atoms with E-state index in [1.54, 1.807) is 29.9 Å². The molecule has 0 unspecified atom stereocenters. The fraction of sp³-hybridized carbons (Fsp3) is 0.250. The maximum absolute atomic E-state index is 10.9. The zero-order valence-electron chi connectivity index (χ0n) is 7.14. The first-order valence-corrected chi connectivity index (χ1v) is 3.90. The van der Waals surface area contributed by atoms with Crippen LogP contribution in [0.5, 0.6) is 0 Å². The maximum Gasteiger partial charge on any atom is 0.253 e. The zero-order valence-corrected chi connectivity index (χ0v) is 7.14. The number of Topliss-reactive ketones (excluding diaryl/α,β-unsaturated/α-hetero) is 1. The Labute approximate surface area is 74.4 Å². The monoisotopic (exact) mass is 176 g/mol. The Bertz CT molecular complexity index is 448. The van der Waals surface area contributed by atoms with E-state index in [-0.39, 0.29) is 5.78 Å². The summed E-state index contributed by atoms with van der Waals surface area (Å²) in [7, 11) is 0. The number of carbonyl (C=O) groups excluding carboxylic acids is 1. The Balaban J connectivity index is 2.51. The van der Waals surface area contributed by atoms with Crippen molar-refractivity contribution in [1.29, 1.82) is 0 Å². The minimum Gasteiger partial charge on any atom is -0.300 e. The number of aromatic nitrogens is 4. The Morgan fingerprint density at radius 2 is 2.46 bits per heavy atom. The van der Waals surface area contributed by atoms with Gasteiger partial charge in [-0.2, -0.15) is 5.10 Å². The summed E-state index contributed by atoms with van der Waals surface area (Å²) in [6.07, 6.45) is 5.34. The maximum atomic E-state index is 10.9. The third kappa shape index (κ3) is 1.40. The predicted octanol–water partition coefficient (Wildman–Crippen LogP) is 0.256. The first-order valence-electron chi connectivity index (χ1n) is 3.90. The molecular weight excluding hydrogens is 168 g/mol. The van der Waals surface area contributed by atoms with Crippen molar-refractivity contribution in [2.75, 3.05) is 0 Å². The molecule has 0 aliphatic heterocycles. The summed E-state index contributed by atoms with van der Waals surface area (Å²) < 4.78 is 1.76. The smallest absolute Gasteiger partial charge is 0.253 e. The van der Waals surface area contributed by atoms with Crippen LogP contribution in [-0.2, 0) is 11.2 Å². The quantitative estimate of drug-likeness (QED) is 0.658. The summed E-state index contributed by atoms with van der Waals surface area (Å²) >= 11 is 0. The summed E-state index contributed by atoms with van der Waals surface area (Å²) in [5, 5.41) is 7.49. The summed E-state index contributed by atoms with van der Waals surface area (Å²) in [6.45, 7) is 1.55. The second-order valence-corrected chi connectivity index (χ2v) is 2.81. The van der Waals surface area contributed by atoms with Gasteiger partial charge in [0.1, 0.15) is 5.78 Å². The lowest BCUT2D eigenvalue weighted by atomic mass is 10.2. The lowest BCUT2D eigenvalue weighted by Gasteiger charge is -1.95. The van der Waals surface area contributed by atoms with Crippen LogP contribution in [0.1, 0.15) is 12.6 Å². The molecule has 0 atom stereocenters. The number of rotatable bonds is 2. The lowest BCUT2D eigenvalue weighted by Crippen LogP contribution is -2.01. The molecule has 66 valence electrons. The molecule has 0 fully saturated rings. The molecule has 0 amide bonds. The standard InChI is InChI=1S/C8H8N4O/c1-6(13)4-7-5-9-8-11-10-2-3-12(7)8/h2-3,5H,4H2,1H3. The van der Waals surface area contributed by atoms with Gasteiger partial charge in [-0.1, -0.05) is 0 Å². The Hall–Kier alpha value is -1.78. The van der Waals surface area contributed by atoms with E-state index in [2.05, 4.69) is 15.2 Å². The third-order valence-corrected chi connectivity index (χ3v) is 1.71. The molecule has 0 spiro atoms. The van der Waals surface area contributed by atoms with Gasteiger partial charge in [0.25, 0.3) is 5.78 Å². The number of carbonyl (C=O) groups is 1. The number of ketones is 1. The molecule has 0 radical (unpaired) electrons. The van der Waals surface area contributed by atoms with Gasteiger partial charge in [0.2, 0.25) is 0 Å². The second-order valence-electron chi connectivity index (χ2n) is 2.81. The average molecular weight is 176 g/mol. The van der Waals surface area contributed by atoms with E-state index < -0.39 is 0 Å². The van der Waals surface area contributed by atoms with Crippen molar-refractivity contribution in [3.8, 4) is 0 Å². The van der Waals surface area contributed by atoms with E-state index in [0.29, 0.717) is 12.2 Å². The molecular formula is C8H8N4O. The number of nitrogens with zero attached hydrogens (tertiary/aromatic N) is 4. The second kappa shape index (κ2) is 2.93. The zero-order chi connectivity index (χ0) is 9.26. The number of fused-ring (bicyclic) bond motifs is 1. The molecule has 2 aromatic rings. The molecule has 2 aromatic heterocycles. The average Bonchev–Trinajstić information content (AvgIpc) is 2.48. The van der Waals surface area contributed by atoms with Crippen molar-refractivity contribution in [2.24, 2.45) is 0 Å². The normalized spacial score (nSPS) is 10.5. The SMILES string of the molecule is CC(=O)Cc1cnc2nnccn12. The number of hydrogen-bond acceptors (Lipinski definition) is 4. The van der Waals surface area contributed by atoms with E-state index in [1.165, 1.54) is 0 Å². The van der Waals surface area contributed by atoms with Crippen LogP contribution in [0.15, 0.2) is 18.6 Å². The fourth-order valence-electron chi connectivity index (χ4n) is 1.19. The molecule has 0 N–H and O–H groups in total. The molecule has 5 heteroatoms. The van der Waals surface area contributed by atoms with Crippen LogP contribution in [0.3, 0.4) is 0 Å². The summed E-state index contributed by atoms with van der Waals surface area (Å²) in [6, 6.07) is 0. The summed E-state index contributed by atoms with van der Waals surface area (Å²) in [4.78, 5) is 14.9. The van der Waals surface area contributed by atoms with Crippen molar-refractivity contribution in [3.05, 3.63) is 24.3 Å². The van der Waals surface area contributed by atoms with Crippen LogP contribution >= 0.6 is 0 Å². The van der Waals surface area contributed by atoms with Crippen LogP contribution in [-0.4, -0.2) is 25.4 Å². The molecule has 0 saturated carbocycles.